The number of hydrogen-bond acceptors (Lipinski definition) is 2. The summed E-state index contributed by atoms with van der Waals surface area (Å²) >= 11 is 0. The molecule has 0 saturated heterocycles. The predicted octanol–water partition coefficient (Wildman–Crippen LogP) is 2.70. The van der Waals surface area contributed by atoms with E-state index in [1.54, 1.807) is 0 Å². The van der Waals surface area contributed by atoms with Crippen LogP contribution in [0.2, 0.25) is 0 Å². The second-order valence-corrected chi connectivity index (χ2v) is 3.88. The fourth-order valence-corrected chi connectivity index (χ4v) is 1.25. The van der Waals surface area contributed by atoms with Gasteiger partial charge in [0.15, 0.2) is 0 Å². The van der Waals surface area contributed by atoms with Gasteiger partial charge in [-0.2, -0.15) is 0 Å². The number of rotatable bonds is 7. The molecule has 2 heteroatoms. The molecule has 1 rings (SSSR count). The summed E-state index contributed by atoms with van der Waals surface area (Å²) in [4.78, 5) is 0. The molecule has 1 unspecified atom stereocenters. The van der Waals surface area contributed by atoms with Gasteiger partial charge in [-0.15, -0.1) is 0 Å². The van der Waals surface area contributed by atoms with Crippen molar-refractivity contribution in [1.82, 2.24) is 5.32 Å². The molecule has 84 valence electrons. The first-order chi connectivity index (χ1) is 7.33. The molecule has 0 aliphatic carbocycles. The zero-order valence-corrected chi connectivity index (χ0v) is 9.70. The third-order valence-corrected chi connectivity index (χ3v) is 2.48. The second-order valence-electron chi connectivity index (χ2n) is 3.88. The maximum atomic E-state index is 5.56. The van der Waals surface area contributed by atoms with Crippen LogP contribution in [0.25, 0.3) is 0 Å². The Morgan fingerprint density at radius 3 is 2.67 bits per heavy atom. The number of hydrogen-bond donors (Lipinski definition) is 1. The van der Waals surface area contributed by atoms with Gasteiger partial charge in [0.05, 0.1) is 0 Å². The molecule has 0 radical (unpaired) electrons. The number of nitrogens with one attached hydrogen (secondary N) is 1. The third-order valence-electron chi connectivity index (χ3n) is 2.48. The number of benzene rings is 1. The molecule has 1 aromatic rings. The largest absolute Gasteiger partial charge is 0.492 e. The maximum Gasteiger partial charge on any atom is 0.119 e. The molecule has 0 bridgehead atoms. The molecule has 1 atom stereocenters. The molecule has 1 N–H and O–H groups in total. The zero-order chi connectivity index (χ0) is 10.9. The Hall–Kier alpha value is -1.02. The highest BCUT2D eigenvalue weighted by Gasteiger charge is 1.97. The molecule has 2 nitrogen and oxygen atoms in total. The van der Waals surface area contributed by atoms with Crippen molar-refractivity contribution >= 4 is 0 Å². The van der Waals surface area contributed by atoms with Gasteiger partial charge in [0.25, 0.3) is 0 Å². The highest BCUT2D eigenvalue weighted by Crippen LogP contribution is 2.07. The minimum absolute atomic E-state index is 0.737. The maximum absolute atomic E-state index is 5.56. The van der Waals surface area contributed by atoms with Crippen LogP contribution in [-0.4, -0.2) is 19.7 Å². The molecule has 0 heterocycles. The van der Waals surface area contributed by atoms with Gasteiger partial charge >= 0.3 is 0 Å². The highest BCUT2D eigenvalue weighted by atomic mass is 16.5. The first-order valence-electron chi connectivity index (χ1n) is 5.71. The van der Waals surface area contributed by atoms with Gasteiger partial charge in [-0.05, 0) is 24.6 Å². The van der Waals surface area contributed by atoms with E-state index in [1.807, 2.05) is 30.3 Å². The van der Waals surface area contributed by atoms with E-state index in [0.717, 1.165) is 31.4 Å². The van der Waals surface area contributed by atoms with Crippen LogP contribution < -0.4 is 10.1 Å². The molecular formula is C13H21NO. The Bertz CT molecular complexity index is 248. The van der Waals surface area contributed by atoms with Crippen molar-refractivity contribution in [3.05, 3.63) is 30.3 Å². The Morgan fingerprint density at radius 2 is 2.00 bits per heavy atom. The van der Waals surface area contributed by atoms with Crippen LogP contribution in [0.1, 0.15) is 20.3 Å². The van der Waals surface area contributed by atoms with Gasteiger partial charge in [0, 0.05) is 6.54 Å². The van der Waals surface area contributed by atoms with Crippen molar-refractivity contribution < 1.29 is 4.74 Å². The molecule has 1 aromatic carbocycles. The lowest BCUT2D eigenvalue weighted by molar-refractivity contribution is 0.309. The lowest BCUT2D eigenvalue weighted by Crippen LogP contribution is -2.25. The van der Waals surface area contributed by atoms with Crippen LogP contribution in [0, 0.1) is 5.92 Å². The first-order valence-corrected chi connectivity index (χ1v) is 5.71. The summed E-state index contributed by atoms with van der Waals surface area (Å²) in [7, 11) is 0. The fraction of sp³-hybridized carbons (Fsp3) is 0.538. The van der Waals surface area contributed by atoms with Gasteiger partial charge < -0.3 is 10.1 Å². The summed E-state index contributed by atoms with van der Waals surface area (Å²) in [5.74, 6) is 1.70. The van der Waals surface area contributed by atoms with Crippen LogP contribution in [-0.2, 0) is 0 Å². The average Bonchev–Trinajstić information content (AvgIpc) is 2.29. The SMILES string of the molecule is CCC(C)CNCCOc1ccccc1. The van der Waals surface area contributed by atoms with Crippen LogP contribution in [0.15, 0.2) is 30.3 Å². The second kappa shape index (κ2) is 7.30. The molecule has 15 heavy (non-hydrogen) atoms. The van der Waals surface area contributed by atoms with Gasteiger partial charge in [0.2, 0.25) is 0 Å². The van der Waals surface area contributed by atoms with Crippen molar-refractivity contribution in [1.29, 1.82) is 0 Å². The Morgan fingerprint density at radius 1 is 1.27 bits per heavy atom. The molecule has 0 aromatic heterocycles. The van der Waals surface area contributed by atoms with Crippen LogP contribution in [0.4, 0.5) is 0 Å². The molecule has 0 fully saturated rings. The lowest BCUT2D eigenvalue weighted by atomic mass is 10.1. The topological polar surface area (TPSA) is 21.3 Å². The Balaban J connectivity index is 2.03. The monoisotopic (exact) mass is 207 g/mol. The van der Waals surface area contributed by atoms with E-state index >= 15 is 0 Å². The first kappa shape index (κ1) is 12.1. The smallest absolute Gasteiger partial charge is 0.119 e. The average molecular weight is 207 g/mol. The molecule has 0 saturated carbocycles. The molecule has 0 spiro atoms. The van der Waals surface area contributed by atoms with Gasteiger partial charge in [-0.3, -0.25) is 0 Å². The van der Waals surface area contributed by atoms with Crippen molar-refractivity contribution in [3.63, 3.8) is 0 Å². The van der Waals surface area contributed by atoms with Crippen molar-refractivity contribution in [3.8, 4) is 5.75 Å². The Kier molecular flexibility index (Phi) is 5.86. The van der Waals surface area contributed by atoms with E-state index in [1.165, 1.54) is 6.42 Å². The molecule has 0 aliphatic rings. The quantitative estimate of drug-likeness (QED) is 0.694. The van der Waals surface area contributed by atoms with Gasteiger partial charge in [-0.25, -0.2) is 0 Å². The van der Waals surface area contributed by atoms with Crippen LogP contribution in [0.3, 0.4) is 0 Å². The fourth-order valence-electron chi connectivity index (χ4n) is 1.25. The van der Waals surface area contributed by atoms with Crippen molar-refractivity contribution in [2.75, 3.05) is 19.7 Å². The van der Waals surface area contributed by atoms with E-state index in [0.29, 0.717) is 0 Å². The highest BCUT2D eigenvalue weighted by molar-refractivity contribution is 5.20. The minimum Gasteiger partial charge on any atom is -0.492 e. The number of ether oxygens (including phenoxy) is 1. The van der Waals surface area contributed by atoms with Crippen LogP contribution >= 0.6 is 0 Å². The summed E-state index contributed by atoms with van der Waals surface area (Å²) in [5.41, 5.74) is 0. The van der Waals surface area contributed by atoms with Gasteiger partial charge in [0.1, 0.15) is 12.4 Å². The summed E-state index contributed by atoms with van der Waals surface area (Å²) in [6.45, 7) is 7.20. The molecular weight excluding hydrogens is 186 g/mol. The standard InChI is InChI=1S/C13H21NO/c1-3-12(2)11-14-9-10-15-13-7-5-4-6-8-13/h4-8,12,14H,3,9-11H2,1-2H3. The summed E-state index contributed by atoms with van der Waals surface area (Å²) in [6, 6.07) is 9.93. The molecule has 0 aliphatic heterocycles. The van der Waals surface area contributed by atoms with E-state index in [9.17, 15) is 0 Å². The molecule has 0 amide bonds. The lowest BCUT2D eigenvalue weighted by Gasteiger charge is -2.10. The summed E-state index contributed by atoms with van der Waals surface area (Å²) in [5, 5.41) is 3.38. The zero-order valence-electron chi connectivity index (χ0n) is 9.70. The summed E-state index contributed by atoms with van der Waals surface area (Å²) in [6.07, 6.45) is 1.23. The van der Waals surface area contributed by atoms with Gasteiger partial charge in [-0.1, -0.05) is 38.5 Å². The van der Waals surface area contributed by atoms with E-state index in [2.05, 4.69) is 19.2 Å². The van der Waals surface area contributed by atoms with E-state index in [4.69, 9.17) is 4.74 Å². The normalized spacial score (nSPS) is 12.4. The van der Waals surface area contributed by atoms with Crippen molar-refractivity contribution in [2.45, 2.75) is 20.3 Å². The van der Waals surface area contributed by atoms with Crippen molar-refractivity contribution in [2.24, 2.45) is 5.92 Å². The number of para-hydroxylation sites is 1. The summed E-state index contributed by atoms with van der Waals surface area (Å²) < 4.78 is 5.56. The van der Waals surface area contributed by atoms with Crippen LogP contribution in [0.5, 0.6) is 5.75 Å². The predicted molar refractivity (Wildman–Crippen MR) is 64.3 cm³/mol. The minimum atomic E-state index is 0.737. The van der Waals surface area contributed by atoms with E-state index < -0.39 is 0 Å². The third kappa shape index (κ3) is 5.43. The Labute approximate surface area is 92.6 Å². The van der Waals surface area contributed by atoms with E-state index in [-0.39, 0.29) is 0 Å².